The molecule has 0 nitrogen and oxygen atoms in total. The molecular weight excluding hydrogens is 335 g/mol. The van der Waals surface area contributed by atoms with E-state index in [-0.39, 0.29) is 5.82 Å². The molecule has 2 rings (SSSR count). The zero-order chi connectivity index (χ0) is 11.5. The fraction of sp³-hybridized carbons (Fsp3) is 0.538. The van der Waals surface area contributed by atoms with Crippen molar-refractivity contribution in [3.8, 4) is 0 Å². The monoisotopic (exact) mass is 348 g/mol. The summed E-state index contributed by atoms with van der Waals surface area (Å²) in [6, 6.07) is 5.28. The van der Waals surface area contributed by atoms with Gasteiger partial charge in [0.15, 0.2) is 0 Å². The summed E-state index contributed by atoms with van der Waals surface area (Å²) in [7, 11) is 0. The van der Waals surface area contributed by atoms with Crippen LogP contribution in [0.3, 0.4) is 0 Å². The van der Waals surface area contributed by atoms with Gasteiger partial charge >= 0.3 is 0 Å². The summed E-state index contributed by atoms with van der Waals surface area (Å²) < 4.78 is 13.7. The lowest BCUT2D eigenvalue weighted by Gasteiger charge is -2.15. The highest BCUT2D eigenvalue weighted by atomic mass is 79.9. The van der Waals surface area contributed by atoms with E-state index in [4.69, 9.17) is 0 Å². The minimum atomic E-state index is -0.190. The minimum Gasteiger partial charge on any atom is -0.206 e. The van der Waals surface area contributed by atoms with Gasteiger partial charge in [-0.2, -0.15) is 0 Å². The highest BCUT2D eigenvalue weighted by molar-refractivity contribution is 9.10. The van der Waals surface area contributed by atoms with Crippen LogP contribution in [0.25, 0.3) is 0 Å². The summed E-state index contributed by atoms with van der Waals surface area (Å²) in [4.78, 5) is 0.354. The van der Waals surface area contributed by atoms with Gasteiger partial charge in [-0.3, -0.25) is 0 Å². The molecule has 0 aromatic heterocycles. The first kappa shape index (κ1) is 12.6. The third-order valence-electron chi connectivity index (χ3n) is 3.32. The SMILES string of the molecule is Fc1ccc(C(Br)CC2CCCC2)cc1Br. The Balaban J connectivity index is 2.02. The molecule has 1 fully saturated rings. The largest absolute Gasteiger partial charge is 0.206 e. The summed E-state index contributed by atoms with van der Waals surface area (Å²) >= 11 is 6.94. The molecule has 0 amide bonds. The lowest BCUT2D eigenvalue weighted by Crippen LogP contribution is -1.99. The summed E-state index contributed by atoms with van der Waals surface area (Å²) in [5.41, 5.74) is 1.17. The molecule has 0 saturated heterocycles. The predicted molar refractivity (Wildman–Crippen MR) is 72.3 cm³/mol. The van der Waals surface area contributed by atoms with E-state index in [9.17, 15) is 4.39 Å². The van der Waals surface area contributed by atoms with Gasteiger partial charge in [-0.25, -0.2) is 4.39 Å². The topological polar surface area (TPSA) is 0 Å². The van der Waals surface area contributed by atoms with Crippen molar-refractivity contribution in [1.82, 2.24) is 0 Å². The maximum absolute atomic E-state index is 13.1. The molecule has 0 N–H and O–H groups in total. The second-order valence-electron chi connectivity index (χ2n) is 4.53. The highest BCUT2D eigenvalue weighted by Crippen LogP contribution is 2.37. The van der Waals surface area contributed by atoms with Crippen molar-refractivity contribution in [3.63, 3.8) is 0 Å². The molecule has 1 aliphatic carbocycles. The second-order valence-corrected chi connectivity index (χ2v) is 6.49. The molecule has 1 atom stereocenters. The average Bonchev–Trinajstić information content (AvgIpc) is 2.74. The Bertz CT molecular complexity index is 359. The molecule has 1 aliphatic rings. The van der Waals surface area contributed by atoms with Crippen molar-refractivity contribution in [2.24, 2.45) is 5.92 Å². The van der Waals surface area contributed by atoms with Crippen LogP contribution in [0.1, 0.15) is 42.5 Å². The van der Waals surface area contributed by atoms with Crippen molar-refractivity contribution in [2.45, 2.75) is 36.9 Å². The van der Waals surface area contributed by atoms with Crippen molar-refractivity contribution in [2.75, 3.05) is 0 Å². The highest BCUT2D eigenvalue weighted by Gasteiger charge is 2.20. The minimum absolute atomic E-state index is 0.190. The quantitative estimate of drug-likeness (QED) is 0.622. The van der Waals surface area contributed by atoms with Gasteiger partial charge in [0.1, 0.15) is 5.82 Å². The molecular formula is C13H15Br2F. The van der Waals surface area contributed by atoms with Gasteiger partial charge in [-0.1, -0.05) is 47.7 Å². The molecule has 1 aromatic rings. The fourth-order valence-corrected chi connectivity index (χ4v) is 3.59. The number of alkyl halides is 1. The molecule has 0 aliphatic heterocycles. The first-order valence-electron chi connectivity index (χ1n) is 5.76. The second kappa shape index (κ2) is 5.63. The molecule has 16 heavy (non-hydrogen) atoms. The lowest BCUT2D eigenvalue weighted by molar-refractivity contribution is 0.501. The van der Waals surface area contributed by atoms with Gasteiger partial charge in [-0.05, 0) is 46.0 Å². The van der Waals surface area contributed by atoms with Crippen molar-refractivity contribution < 1.29 is 4.39 Å². The van der Waals surface area contributed by atoms with E-state index in [1.165, 1.54) is 37.3 Å². The molecule has 88 valence electrons. The number of halogens is 3. The molecule has 0 radical (unpaired) electrons. The van der Waals surface area contributed by atoms with Gasteiger partial charge in [0, 0.05) is 4.83 Å². The number of rotatable bonds is 3. The maximum atomic E-state index is 13.1. The van der Waals surface area contributed by atoms with Crippen molar-refractivity contribution in [3.05, 3.63) is 34.1 Å². The van der Waals surface area contributed by atoms with Gasteiger partial charge < -0.3 is 0 Å². The van der Waals surface area contributed by atoms with E-state index >= 15 is 0 Å². The molecule has 1 unspecified atom stereocenters. The third kappa shape index (κ3) is 3.07. The lowest BCUT2D eigenvalue weighted by atomic mass is 9.98. The zero-order valence-corrected chi connectivity index (χ0v) is 12.2. The molecule has 0 bridgehead atoms. The van der Waals surface area contributed by atoms with Crippen LogP contribution >= 0.6 is 31.9 Å². The first-order valence-corrected chi connectivity index (χ1v) is 7.46. The molecule has 0 spiro atoms. The van der Waals surface area contributed by atoms with Crippen LogP contribution in [0.5, 0.6) is 0 Å². The third-order valence-corrected chi connectivity index (χ3v) is 4.83. The molecule has 3 heteroatoms. The summed E-state index contributed by atoms with van der Waals surface area (Å²) in [6.07, 6.45) is 6.61. The molecule has 1 saturated carbocycles. The maximum Gasteiger partial charge on any atom is 0.137 e. The average molecular weight is 350 g/mol. The standard InChI is InChI=1S/C13H15Br2F/c14-11(7-9-3-1-2-4-9)10-5-6-13(16)12(15)8-10/h5-6,8-9,11H,1-4,7H2. The Hall–Kier alpha value is 0.110. The number of hydrogen-bond donors (Lipinski definition) is 0. The Morgan fingerprint density at radius 1 is 1.31 bits per heavy atom. The predicted octanol–water partition coefficient (Wildman–Crippen LogP) is 5.60. The number of hydrogen-bond acceptors (Lipinski definition) is 0. The van der Waals surface area contributed by atoms with Gasteiger partial charge in [-0.15, -0.1) is 0 Å². The Labute approximate surface area is 113 Å². The smallest absolute Gasteiger partial charge is 0.137 e. The van der Waals surface area contributed by atoms with Gasteiger partial charge in [0.25, 0.3) is 0 Å². The Morgan fingerprint density at radius 3 is 2.62 bits per heavy atom. The van der Waals surface area contributed by atoms with E-state index in [2.05, 4.69) is 31.9 Å². The van der Waals surface area contributed by atoms with E-state index in [0.29, 0.717) is 9.30 Å². The van der Waals surface area contributed by atoms with E-state index in [1.807, 2.05) is 12.1 Å². The summed E-state index contributed by atoms with van der Waals surface area (Å²) in [5, 5.41) is 0. The molecule has 0 heterocycles. The van der Waals surface area contributed by atoms with Crippen LogP contribution in [-0.4, -0.2) is 0 Å². The van der Waals surface area contributed by atoms with Crippen LogP contribution in [0.2, 0.25) is 0 Å². The van der Waals surface area contributed by atoms with Crippen molar-refractivity contribution >= 4 is 31.9 Å². The zero-order valence-electron chi connectivity index (χ0n) is 9.06. The number of benzene rings is 1. The van der Waals surface area contributed by atoms with Gasteiger partial charge in [0.05, 0.1) is 4.47 Å². The van der Waals surface area contributed by atoms with Crippen LogP contribution < -0.4 is 0 Å². The summed E-state index contributed by atoms with van der Waals surface area (Å²) in [6.45, 7) is 0. The van der Waals surface area contributed by atoms with Crippen LogP contribution in [0.4, 0.5) is 4.39 Å². The summed E-state index contributed by atoms with van der Waals surface area (Å²) in [5.74, 6) is 0.650. The first-order chi connectivity index (χ1) is 7.66. The Morgan fingerprint density at radius 2 is 2.00 bits per heavy atom. The van der Waals surface area contributed by atoms with E-state index in [0.717, 1.165) is 12.3 Å². The molecule has 1 aromatic carbocycles. The van der Waals surface area contributed by atoms with Gasteiger partial charge in [0.2, 0.25) is 0 Å². The van der Waals surface area contributed by atoms with Crippen LogP contribution in [0, 0.1) is 11.7 Å². The van der Waals surface area contributed by atoms with Crippen molar-refractivity contribution in [1.29, 1.82) is 0 Å². The van der Waals surface area contributed by atoms with E-state index < -0.39 is 0 Å². The van der Waals surface area contributed by atoms with Crippen LogP contribution in [0.15, 0.2) is 22.7 Å². The normalized spacial score (nSPS) is 18.9. The Kier molecular flexibility index (Phi) is 4.42. The fourth-order valence-electron chi connectivity index (χ4n) is 2.38. The van der Waals surface area contributed by atoms with E-state index in [1.54, 1.807) is 0 Å². The van der Waals surface area contributed by atoms with Crippen LogP contribution in [-0.2, 0) is 0 Å².